The molecule has 1 N–H and O–H groups in total. The summed E-state index contributed by atoms with van der Waals surface area (Å²) in [5.41, 5.74) is 2.33. The van der Waals surface area contributed by atoms with Crippen LogP contribution in [0.2, 0.25) is 5.02 Å². The number of halogens is 1. The van der Waals surface area contributed by atoms with Gasteiger partial charge in [-0.15, -0.1) is 0 Å². The number of likely N-dealkylation sites (tertiary alicyclic amines) is 1. The molecule has 0 aliphatic carbocycles. The lowest BCUT2D eigenvalue weighted by Crippen LogP contribution is -2.41. The van der Waals surface area contributed by atoms with E-state index in [4.69, 9.17) is 11.6 Å². The molecule has 4 rings (SSSR count). The lowest BCUT2D eigenvalue weighted by molar-refractivity contribution is -0.127. The Morgan fingerprint density at radius 1 is 1.22 bits per heavy atom. The number of carbonyl (C=O) groups excluding carboxylic acids is 2. The summed E-state index contributed by atoms with van der Waals surface area (Å²) in [7, 11) is 0. The first-order valence-electron chi connectivity index (χ1n) is 8.81. The lowest BCUT2D eigenvalue weighted by Gasteiger charge is -2.25. The van der Waals surface area contributed by atoms with Crippen LogP contribution < -0.4 is 10.2 Å². The van der Waals surface area contributed by atoms with Crippen molar-refractivity contribution >= 4 is 35.0 Å². The lowest BCUT2D eigenvalue weighted by atomic mass is 9.81. The summed E-state index contributed by atoms with van der Waals surface area (Å²) in [5.74, 6) is 0.451. The fourth-order valence-corrected chi connectivity index (χ4v) is 4.12. The first kappa shape index (κ1) is 17.7. The van der Waals surface area contributed by atoms with Gasteiger partial charge in [0.05, 0.1) is 18.1 Å². The molecule has 27 heavy (non-hydrogen) atoms. The number of rotatable bonds is 1. The van der Waals surface area contributed by atoms with E-state index in [-0.39, 0.29) is 17.4 Å². The zero-order valence-corrected chi connectivity index (χ0v) is 16.0. The maximum Gasteiger partial charge on any atom is 0.327 e. The number of fused-ring (bicyclic) bond motifs is 2. The van der Waals surface area contributed by atoms with Crippen LogP contribution in [0.25, 0.3) is 0 Å². The number of amides is 3. The van der Waals surface area contributed by atoms with Crippen LogP contribution in [0.4, 0.5) is 16.3 Å². The van der Waals surface area contributed by atoms with Gasteiger partial charge in [-0.25, -0.2) is 9.78 Å². The van der Waals surface area contributed by atoms with Crippen LogP contribution in [-0.2, 0) is 10.2 Å². The Labute approximate surface area is 162 Å². The topological polar surface area (TPSA) is 78.4 Å². The summed E-state index contributed by atoms with van der Waals surface area (Å²) in [6.45, 7) is 5.18. The number of aromatic nitrogens is 2. The molecule has 0 radical (unpaired) electrons. The third kappa shape index (κ3) is 3.12. The monoisotopic (exact) mass is 385 g/mol. The molecule has 1 atom stereocenters. The van der Waals surface area contributed by atoms with Crippen LogP contribution >= 0.6 is 11.6 Å². The van der Waals surface area contributed by atoms with E-state index in [1.54, 1.807) is 24.1 Å². The van der Waals surface area contributed by atoms with Crippen molar-refractivity contribution in [2.45, 2.75) is 25.7 Å². The minimum Gasteiger partial charge on any atom is -0.342 e. The van der Waals surface area contributed by atoms with E-state index >= 15 is 0 Å². The van der Waals surface area contributed by atoms with Gasteiger partial charge in [-0.3, -0.25) is 20.0 Å². The predicted octanol–water partition coefficient (Wildman–Crippen LogP) is 2.98. The normalized spacial score (nSPS) is 20.9. The number of aryl methyl sites for hydroxylation is 1. The minimum absolute atomic E-state index is 0.0493. The molecule has 8 heteroatoms. The molecule has 3 amide bonds. The Kier molecular flexibility index (Phi) is 4.26. The molecule has 1 aromatic carbocycles. The van der Waals surface area contributed by atoms with Crippen molar-refractivity contribution in [2.24, 2.45) is 0 Å². The SMILES string of the molecule is CC(=O)N1CCC2(C1)CN(C(=O)Nc1cnc(C)cn1)c1ccc(Cl)cc12. The number of anilines is 2. The molecule has 1 aromatic heterocycles. The second-order valence-electron chi connectivity index (χ2n) is 7.19. The molecule has 1 unspecified atom stereocenters. The molecule has 1 fully saturated rings. The fourth-order valence-electron chi connectivity index (χ4n) is 3.95. The van der Waals surface area contributed by atoms with Gasteiger partial charge in [0.15, 0.2) is 5.82 Å². The fraction of sp³-hybridized carbons (Fsp3) is 0.368. The Bertz CT molecular complexity index is 917. The molecule has 2 aromatic rings. The number of carbonyl (C=O) groups is 2. The first-order valence-corrected chi connectivity index (χ1v) is 9.18. The van der Waals surface area contributed by atoms with Crippen molar-refractivity contribution in [3.8, 4) is 0 Å². The van der Waals surface area contributed by atoms with Gasteiger partial charge in [-0.2, -0.15) is 0 Å². The standard InChI is InChI=1S/C19H20ClN5O2/c1-12-8-22-17(9-21-12)23-18(27)25-11-19(5-6-24(10-19)13(2)26)15-7-14(20)3-4-16(15)25/h3-4,7-9H,5-6,10-11H2,1-2H3,(H,22,23,27). The van der Waals surface area contributed by atoms with Crippen molar-refractivity contribution in [1.29, 1.82) is 0 Å². The molecule has 0 saturated carbocycles. The maximum atomic E-state index is 12.9. The number of hydrogen-bond acceptors (Lipinski definition) is 4. The van der Waals surface area contributed by atoms with E-state index < -0.39 is 0 Å². The van der Waals surface area contributed by atoms with Crippen LogP contribution in [0.15, 0.2) is 30.6 Å². The number of nitrogens with zero attached hydrogens (tertiary/aromatic N) is 4. The Morgan fingerprint density at radius 2 is 2.04 bits per heavy atom. The second-order valence-corrected chi connectivity index (χ2v) is 7.63. The molecule has 7 nitrogen and oxygen atoms in total. The van der Waals surface area contributed by atoms with Crippen molar-refractivity contribution in [3.05, 3.63) is 46.9 Å². The van der Waals surface area contributed by atoms with Crippen LogP contribution in [-0.4, -0.2) is 46.4 Å². The summed E-state index contributed by atoms with van der Waals surface area (Å²) in [6.07, 6.45) is 3.94. The first-order chi connectivity index (χ1) is 12.9. The highest BCUT2D eigenvalue weighted by Crippen LogP contribution is 2.47. The van der Waals surface area contributed by atoms with E-state index in [2.05, 4.69) is 15.3 Å². The van der Waals surface area contributed by atoms with Crippen molar-refractivity contribution < 1.29 is 9.59 Å². The van der Waals surface area contributed by atoms with Gasteiger partial charge in [0.1, 0.15) is 0 Å². The average Bonchev–Trinajstić information content (AvgIpc) is 3.20. The van der Waals surface area contributed by atoms with E-state index in [1.165, 1.54) is 6.20 Å². The highest BCUT2D eigenvalue weighted by atomic mass is 35.5. The van der Waals surface area contributed by atoms with Crippen LogP contribution in [0.1, 0.15) is 24.6 Å². The molecule has 140 valence electrons. The van der Waals surface area contributed by atoms with Crippen LogP contribution in [0, 0.1) is 6.92 Å². The third-order valence-corrected chi connectivity index (χ3v) is 5.58. The van der Waals surface area contributed by atoms with E-state index in [1.807, 2.05) is 24.0 Å². The largest absolute Gasteiger partial charge is 0.342 e. The van der Waals surface area contributed by atoms with Crippen molar-refractivity contribution in [1.82, 2.24) is 14.9 Å². The summed E-state index contributed by atoms with van der Waals surface area (Å²) >= 11 is 6.24. The zero-order valence-electron chi connectivity index (χ0n) is 15.2. The van der Waals surface area contributed by atoms with Gasteiger partial charge < -0.3 is 4.90 Å². The molecule has 2 aliphatic rings. The number of benzene rings is 1. The second kappa shape index (κ2) is 6.49. The molecule has 1 spiro atoms. The predicted molar refractivity (Wildman–Crippen MR) is 103 cm³/mol. The summed E-state index contributed by atoms with van der Waals surface area (Å²) < 4.78 is 0. The van der Waals surface area contributed by atoms with Gasteiger partial charge >= 0.3 is 6.03 Å². The highest BCUT2D eigenvalue weighted by molar-refractivity contribution is 6.30. The van der Waals surface area contributed by atoms with E-state index in [0.717, 1.165) is 23.4 Å². The van der Waals surface area contributed by atoms with Crippen LogP contribution in [0.5, 0.6) is 0 Å². The van der Waals surface area contributed by atoms with Gasteiger partial charge in [0.25, 0.3) is 0 Å². The zero-order chi connectivity index (χ0) is 19.2. The molecule has 2 aliphatic heterocycles. The molecule has 0 bridgehead atoms. The maximum absolute atomic E-state index is 12.9. The molecular formula is C19H20ClN5O2. The Morgan fingerprint density at radius 3 is 2.70 bits per heavy atom. The minimum atomic E-state index is -0.289. The van der Waals surface area contributed by atoms with Crippen LogP contribution in [0.3, 0.4) is 0 Å². The summed E-state index contributed by atoms with van der Waals surface area (Å²) in [5, 5.41) is 3.43. The smallest absolute Gasteiger partial charge is 0.327 e. The van der Waals surface area contributed by atoms with Gasteiger partial charge in [-0.05, 0) is 37.1 Å². The molecular weight excluding hydrogens is 366 g/mol. The summed E-state index contributed by atoms with van der Waals surface area (Å²) in [4.78, 5) is 36.7. The van der Waals surface area contributed by atoms with E-state index in [0.29, 0.717) is 30.5 Å². The van der Waals surface area contributed by atoms with Gasteiger partial charge in [0, 0.05) is 42.7 Å². The van der Waals surface area contributed by atoms with E-state index in [9.17, 15) is 9.59 Å². The average molecular weight is 386 g/mol. The van der Waals surface area contributed by atoms with Gasteiger partial charge in [-0.1, -0.05) is 11.6 Å². The van der Waals surface area contributed by atoms with Crippen molar-refractivity contribution in [2.75, 3.05) is 29.9 Å². The van der Waals surface area contributed by atoms with Gasteiger partial charge in [0.2, 0.25) is 5.91 Å². The molecule has 1 saturated heterocycles. The highest BCUT2D eigenvalue weighted by Gasteiger charge is 2.49. The third-order valence-electron chi connectivity index (χ3n) is 5.34. The van der Waals surface area contributed by atoms with Crippen molar-refractivity contribution in [3.63, 3.8) is 0 Å². The summed E-state index contributed by atoms with van der Waals surface area (Å²) in [6, 6.07) is 5.29. The molecule has 3 heterocycles. The number of nitrogens with one attached hydrogen (secondary N) is 1. The number of urea groups is 1. The quantitative estimate of drug-likeness (QED) is 0.818. The Hall–Kier alpha value is -2.67. The Balaban J connectivity index is 1.64. The number of hydrogen-bond donors (Lipinski definition) is 1.